The third kappa shape index (κ3) is 7.11. The quantitative estimate of drug-likeness (QED) is 0.395. The summed E-state index contributed by atoms with van der Waals surface area (Å²) in [5.41, 5.74) is 0. The molecule has 0 amide bonds. The van der Waals surface area contributed by atoms with Crippen LogP contribution in [0.3, 0.4) is 0 Å². The maximum Gasteiger partial charge on any atom is 0.190 e. The number of hydrogen-bond donors (Lipinski definition) is 2. The predicted molar refractivity (Wildman–Crippen MR) is 99.1 cm³/mol. The van der Waals surface area contributed by atoms with Crippen LogP contribution in [0.4, 0.5) is 0 Å². The Morgan fingerprint density at radius 1 is 1.25 bits per heavy atom. The molecule has 0 radical (unpaired) electrons. The second-order valence-electron chi connectivity index (χ2n) is 5.56. The lowest BCUT2D eigenvalue weighted by molar-refractivity contribution is 0.341. The SMILES string of the molecule is CCC(CC)CNC(=NC)NCC1CCN(CC)C1.I. The highest BCUT2D eigenvalue weighted by atomic mass is 127. The number of halogens is 1. The van der Waals surface area contributed by atoms with E-state index in [0.29, 0.717) is 0 Å². The Morgan fingerprint density at radius 2 is 1.95 bits per heavy atom. The highest BCUT2D eigenvalue weighted by Crippen LogP contribution is 2.14. The van der Waals surface area contributed by atoms with Gasteiger partial charge in [-0.1, -0.05) is 33.6 Å². The smallest absolute Gasteiger partial charge is 0.190 e. The Morgan fingerprint density at radius 3 is 2.45 bits per heavy atom. The van der Waals surface area contributed by atoms with E-state index in [1.54, 1.807) is 0 Å². The molecule has 1 saturated heterocycles. The van der Waals surface area contributed by atoms with Crippen molar-refractivity contribution in [1.82, 2.24) is 15.5 Å². The van der Waals surface area contributed by atoms with Crippen molar-refractivity contribution in [2.75, 3.05) is 39.8 Å². The summed E-state index contributed by atoms with van der Waals surface area (Å²) in [6.07, 6.45) is 3.77. The van der Waals surface area contributed by atoms with Gasteiger partial charge in [-0.2, -0.15) is 0 Å². The molecule has 0 aromatic rings. The van der Waals surface area contributed by atoms with E-state index in [-0.39, 0.29) is 24.0 Å². The van der Waals surface area contributed by atoms with Gasteiger partial charge in [0.05, 0.1) is 0 Å². The van der Waals surface area contributed by atoms with E-state index in [9.17, 15) is 0 Å². The number of nitrogens with one attached hydrogen (secondary N) is 2. The Bertz CT molecular complexity index is 267. The molecule has 1 unspecified atom stereocenters. The fraction of sp³-hybridized carbons (Fsp3) is 0.933. The molecule has 2 N–H and O–H groups in total. The van der Waals surface area contributed by atoms with Crippen molar-refractivity contribution in [1.29, 1.82) is 0 Å². The van der Waals surface area contributed by atoms with Gasteiger partial charge >= 0.3 is 0 Å². The van der Waals surface area contributed by atoms with E-state index in [2.05, 4.69) is 41.3 Å². The van der Waals surface area contributed by atoms with Crippen LogP contribution in [0.25, 0.3) is 0 Å². The van der Waals surface area contributed by atoms with Gasteiger partial charge < -0.3 is 15.5 Å². The first-order valence-electron chi connectivity index (χ1n) is 7.90. The van der Waals surface area contributed by atoms with Crippen molar-refractivity contribution in [2.24, 2.45) is 16.8 Å². The Kier molecular flexibility index (Phi) is 11.6. The van der Waals surface area contributed by atoms with Gasteiger partial charge in [-0.15, -0.1) is 24.0 Å². The van der Waals surface area contributed by atoms with Crippen LogP contribution < -0.4 is 10.6 Å². The van der Waals surface area contributed by atoms with E-state index < -0.39 is 0 Å². The van der Waals surface area contributed by atoms with Crippen LogP contribution in [0.15, 0.2) is 4.99 Å². The molecule has 5 heteroatoms. The summed E-state index contributed by atoms with van der Waals surface area (Å²) in [6.45, 7) is 12.5. The maximum atomic E-state index is 4.31. The minimum absolute atomic E-state index is 0. The second kappa shape index (κ2) is 11.6. The maximum absolute atomic E-state index is 4.31. The fourth-order valence-electron chi connectivity index (χ4n) is 2.65. The van der Waals surface area contributed by atoms with E-state index in [0.717, 1.165) is 30.9 Å². The molecule has 0 aliphatic carbocycles. The zero-order valence-electron chi connectivity index (χ0n) is 13.6. The van der Waals surface area contributed by atoms with Gasteiger partial charge in [0.15, 0.2) is 5.96 Å². The van der Waals surface area contributed by atoms with Crippen molar-refractivity contribution < 1.29 is 0 Å². The number of aliphatic imine (C=N–C) groups is 1. The van der Waals surface area contributed by atoms with Crippen LogP contribution in [-0.4, -0.2) is 50.6 Å². The fourth-order valence-corrected chi connectivity index (χ4v) is 2.65. The minimum Gasteiger partial charge on any atom is -0.356 e. The number of likely N-dealkylation sites (tertiary alicyclic amines) is 1. The minimum atomic E-state index is 0. The molecule has 120 valence electrons. The molecular formula is C15H33IN4. The number of guanidine groups is 1. The third-order valence-electron chi connectivity index (χ3n) is 4.31. The summed E-state index contributed by atoms with van der Waals surface area (Å²) < 4.78 is 0. The Hall–Kier alpha value is -0.0400. The second-order valence-corrected chi connectivity index (χ2v) is 5.56. The van der Waals surface area contributed by atoms with Crippen LogP contribution in [-0.2, 0) is 0 Å². The average Bonchev–Trinajstić information content (AvgIpc) is 2.91. The van der Waals surface area contributed by atoms with Crippen molar-refractivity contribution in [2.45, 2.75) is 40.0 Å². The third-order valence-corrected chi connectivity index (χ3v) is 4.31. The average molecular weight is 396 g/mol. The van der Waals surface area contributed by atoms with Crippen molar-refractivity contribution in [3.05, 3.63) is 0 Å². The molecule has 1 aliphatic rings. The molecular weight excluding hydrogens is 363 g/mol. The number of rotatable bonds is 7. The Labute approximate surface area is 142 Å². The highest BCUT2D eigenvalue weighted by molar-refractivity contribution is 14.0. The molecule has 1 atom stereocenters. The zero-order valence-corrected chi connectivity index (χ0v) is 15.9. The molecule has 0 saturated carbocycles. The van der Waals surface area contributed by atoms with E-state index >= 15 is 0 Å². The zero-order chi connectivity index (χ0) is 14.1. The number of nitrogens with zero attached hydrogens (tertiary/aromatic N) is 2. The Balaban J connectivity index is 0.00000361. The summed E-state index contributed by atoms with van der Waals surface area (Å²) in [5.74, 6) is 2.48. The molecule has 0 spiro atoms. The predicted octanol–water partition coefficient (Wildman–Crippen LogP) is 2.55. The van der Waals surface area contributed by atoms with E-state index in [4.69, 9.17) is 0 Å². The van der Waals surface area contributed by atoms with Gasteiger partial charge in [0.1, 0.15) is 0 Å². The van der Waals surface area contributed by atoms with Crippen LogP contribution in [0.1, 0.15) is 40.0 Å². The van der Waals surface area contributed by atoms with Crippen LogP contribution in [0.5, 0.6) is 0 Å². The monoisotopic (exact) mass is 396 g/mol. The van der Waals surface area contributed by atoms with Crippen molar-refractivity contribution in [3.63, 3.8) is 0 Å². The van der Waals surface area contributed by atoms with Crippen LogP contribution in [0.2, 0.25) is 0 Å². The summed E-state index contributed by atoms with van der Waals surface area (Å²) in [5, 5.41) is 6.92. The van der Waals surface area contributed by atoms with E-state index in [1.807, 2.05) is 7.05 Å². The normalized spacial score (nSPS) is 20.1. The molecule has 20 heavy (non-hydrogen) atoms. The van der Waals surface area contributed by atoms with Gasteiger partial charge in [0, 0.05) is 26.7 Å². The van der Waals surface area contributed by atoms with E-state index in [1.165, 1.54) is 38.9 Å². The van der Waals surface area contributed by atoms with Crippen LogP contribution >= 0.6 is 24.0 Å². The molecule has 1 aliphatic heterocycles. The highest BCUT2D eigenvalue weighted by Gasteiger charge is 2.20. The largest absolute Gasteiger partial charge is 0.356 e. The molecule has 0 bridgehead atoms. The molecule has 1 heterocycles. The first kappa shape index (κ1) is 20.0. The summed E-state index contributed by atoms with van der Waals surface area (Å²) in [6, 6.07) is 0. The lowest BCUT2D eigenvalue weighted by Gasteiger charge is -2.18. The van der Waals surface area contributed by atoms with Gasteiger partial charge in [-0.3, -0.25) is 4.99 Å². The lowest BCUT2D eigenvalue weighted by Crippen LogP contribution is -2.42. The standard InChI is InChI=1S/C15H32N4.HI/c1-5-13(6-2)10-17-15(16-4)18-11-14-8-9-19(7-3)12-14;/h13-14H,5-12H2,1-4H3,(H2,16,17,18);1H. The molecule has 4 nitrogen and oxygen atoms in total. The summed E-state index contributed by atoms with van der Waals surface area (Å²) in [4.78, 5) is 6.83. The van der Waals surface area contributed by atoms with Gasteiger partial charge in [0.2, 0.25) is 0 Å². The van der Waals surface area contributed by atoms with Gasteiger partial charge in [0.25, 0.3) is 0 Å². The summed E-state index contributed by atoms with van der Waals surface area (Å²) in [7, 11) is 1.86. The molecule has 0 aromatic heterocycles. The molecule has 1 rings (SSSR count). The first-order chi connectivity index (χ1) is 9.23. The molecule has 0 aromatic carbocycles. The first-order valence-corrected chi connectivity index (χ1v) is 7.90. The van der Waals surface area contributed by atoms with Crippen molar-refractivity contribution in [3.8, 4) is 0 Å². The number of hydrogen-bond acceptors (Lipinski definition) is 2. The van der Waals surface area contributed by atoms with Gasteiger partial charge in [-0.25, -0.2) is 0 Å². The van der Waals surface area contributed by atoms with Gasteiger partial charge in [-0.05, 0) is 31.3 Å². The summed E-state index contributed by atoms with van der Waals surface area (Å²) >= 11 is 0. The van der Waals surface area contributed by atoms with Crippen LogP contribution in [0, 0.1) is 11.8 Å². The molecule has 1 fully saturated rings. The topological polar surface area (TPSA) is 39.7 Å². The van der Waals surface area contributed by atoms with Crippen molar-refractivity contribution >= 4 is 29.9 Å². The lowest BCUT2D eigenvalue weighted by atomic mass is 10.0.